The number of H-pyrrole nitrogens is 1. The van der Waals surface area contributed by atoms with Crippen LogP contribution in [0.4, 0.5) is 5.69 Å². The molecule has 0 fully saturated rings. The Morgan fingerprint density at radius 2 is 1.52 bits per heavy atom. The number of anilines is 1. The average Bonchev–Trinajstić information content (AvgIpc) is 3.17. The van der Waals surface area contributed by atoms with E-state index in [0.717, 1.165) is 33.5 Å². The van der Waals surface area contributed by atoms with Gasteiger partial charge in [-0.25, -0.2) is 4.98 Å². The van der Waals surface area contributed by atoms with E-state index in [9.17, 15) is 4.79 Å². The van der Waals surface area contributed by atoms with Crippen LogP contribution in [0.2, 0.25) is 0 Å². The fraction of sp³-hybridized carbons (Fsp3) is 0.174. The summed E-state index contributed by atoms with van der Waals surface area (Å²) < 4.78 is 0. The molecule has 1 amide bonds. The summed E-state index contributed by atoms with van der Waals surface area (Å²) in [6, 6.07) is 18.0. The summed E-state index contributed by atoms with van der Waals surface area (Å²) in [6.45, 7) is 0. The van der Waals surface area contributed by atoms with E-state index in [-0.39, 0.29) is 5.91 Å². The molecule has 0 aliphatic rings. The van der Waals surface area contributed by atoms with E-state index in [1.165, 1.54) is 0 Å². The molecule has 0 radical (unpaired) electrons. The van der Waals surface area contributed by atoms with Crippen LogP contribution >= 0.6 is 0 Å². The van der Waals surface area contributed by atoms with E-state index in [2.05, 4.69) is 44.3 Å². The monoisotopic (exact) mass is 385 g/mol. The van der Waals surface area contributed by atoms with Crippen LogP contribution in [-0.4, -0.2) is 54.2 Å². The first kappa shape index (κ1) is 18.7. The van der Waals surface area contributed by atoms with Crippen molar-refractivity contribution in [1.82, 2.24) is 20.1 Å². The van der Waals surface area contributed by atoms with Crippen LogP contribution in [-0.2, 0) is 0 Å². The maximum Gasteiger partial charge on any atom is 0.253 e. The minimum absolute atomic E-state index is 0.0126. The molecule has 0 aliphatic carbocycles. The van der Waals surface area contributed by atoms with Crippen molar-refractivity contribution in [2.45, 2.75) is 0 Å². The van der Waals surface area contributed by atoms with Crippen LogP contribution in [0.3, 0.4) is 0 Å². The van der Waals surface area contributed by atoms with Gasteiger partial charge in [-0.15, -0.1) is 0 Å². The van der Waals surface area contributed by atoms with Gasteiger partial charge in [-0.05, 0) is 41.5 Å². The summed E-state index contributed by atoms with van der Waals surface area (Å²) in [4.78, 5) is 20.2. The van der Waals surface area contributed by atoms with Gasteiger partial charge in [0.1, 0.15) is 0 Å². The second-order valence-electron chi connectivity index (χ2n) is 7.37. The highest BCUT2D eigenvalue weighted by molar-refractivity contribution is 6.02. The lowest BCUT2D eigenvalue weighted by Crippen LogP contribution is -2.21. The zero-order valence-corrected chi connectivity index (χ0v) is 17.0. The van der Waals surface area contributed by atoms with E-state index >= 15 is 0 Å². The molecule has 0 saturated heterocycles. The molecule has 6 nitrogen and oxygen atoms in total. The van der Waals surface area contributed by atoms with E-state index in [1.54, 1.807) is 25.2 Å². The fourth-order valence-corrected chi connectivity index (χ4v) is 3.37. The SMILES string of the molecule is CN(C)C(=O)c1ccc(-c2ccnc3n[nH]c(-c4ccc(N(C)C)cc4)c23)cc1. The predicted molar refractivity (Wildman–Crippen MR) is 117 cm³/mol. The van der Waals surface area contributed by atoms with Crippen LogP contribution in [0.15, 0.2) is 60.8 Å². The molecular formula is C23H23N5O. The van der Waals surface area contributed by atoms with E-state index in [0.29, 0.717) is 11.2 Å². The third-order valence-electron chi connectivity index (χ3n) is 4.98. The Morgan fingerprint density at radius 3 is 2.14 bits per heavy atom. The maximum absolute atomic E-state index is 12.2. The van der Waals surface area contributed by atoms with Crippen molar-refractivity contribution in [3.8, 4) is 22.4 Å². The molecule has 0 unspecified atom stereocenters. The first-order valence-electron chi connectivity index (χ1n) is 9.38. The first-order chi connectivity index (χ1) is 14.0. The lowest BCUT2D eigenvalue weighted by atomic mass is 9.98. The molecule has 29 heavy (non-hydrogen) atoms. The third kappa shape index (κ3) is 3.45. The first-order valence-corrected chi connectivity index (χ1v) is 9.38. The van der Waals surface area contributed by atoms with Crippen molar-refractivity contribution in [1.29, 1.82) is 0 Å². The molecule has 4 aromatic rings. The molecule has 0 spiro atoms. The number of amides is 1. The maximum atomic E-state index is 12.2. The Balaban J connectivity index is 1.80. The largest absolute Gasteiger partial charge is 0.378 e. The molecule has 1 N–H and O–H groups in total. The molecule has 2 aromatic carbocycles. The van der Waals surface area contributed by atoms with Crippen LogP contribution in [0.25, 0.3) is 33.4 Å². The van der Waals surface area contributed by atoms with Crippen molar-refractivity contribution in [3.05, 3.63) is 66.4 Å². The smallest absolute Gasteiger partial charge is 0.253 e. The number of rotatable bonds is 4. The molecule has 2 heterocycles. The van der Waals surface area contributed by atoms with Crippen molar-refractivity contribution >= 4 is 22.6 Å². The van der Waals surface area contributed by atoms with Crippen LogP contribution in [0.1, 0.15) is 10.4 Å². The lowest BCUT2D eigenvalue weighted by Gasteiger charge is -2.13. The lowest BCUT2D eigenvalue weighted by molar-refractivity contribution is 0.0827. The van der Waals surface area contributed by atoms with Gasteiger partial charge in [0.15, 0.2) is 5.65 Å². The summed E-state index contributed by atoms with van der Waals surface area (Å²) >= 11 is 0. The van der Waals surface area contributed by atoms with Crippen LogP contribution < -0.4 is 4.90 Å². The Labute approximate surface area is 169 Å². The van der Waals surface area contributed by atoms with Gasteiger partial charge >= 0.3 is 0 Å². The van der Waals surface area contributed by atoms with Gasteiger partial charge in [0.05, 0.1) is 11.1 Å². The van der Waals surface area contributed by atoms with E-state index < -0.39 is 0 Å². The molecule has 0 aliphatic heterocycles. The topological polar surface area (TPSA) is 65.1 Å². The normalized spacial score (nSPS) is 10.9. The van der Waals surface area contributed by atoms with Gasteiger partial charge in [-0.1, -0.05) is 24.3 Å². The number of aromatic amines is 1. The summed E-state index contributed by atoms with van der Waals surface area (Å²) in [7, 11) is 7.55. The van der Waals surface area contributed by atoms with E-state index in [1.807, 2.05) is 44.4 Å². The minimum Gasteiger partial charge on any atom is -0.378 e. The molecule has 6 heteroatoms. The van der Waals surface area contributed by atoms with Gasteiger partial charge < -0.3 is 9.80 Å². The number of benzene rings is 2. The fourth-order valence-electron chi connectivity index (χ4n) is 3.37. The van der Waals surface area contributed by atoms with E-state index in [4.69, 9.17) is 0 Å². The molecule has 0 saturated carbocycles. The number of carbonyl (C=O) groups is 1. The summed E-state index contributed by atoms with van der Waals surface area (Å²) in [5.74, 6) is -0.0126. The summed E-state index contributed by atoms with van der Waals surface area (Å²) in [5.41, 5.74) is 6.49. The second kappa shape index (κ2) is 7.39. The quantitative estimate of drug-likeness (QED) is 0.575. The van der Waals surface area contributed by atoms with Gasteiger partial charge in [0.25, 0.3) is 5.91 Å². The number of pyridine rings is 1. The Hall–Kier alpha value is -3.67. The van der Waals surface area contributed by atoms with Crippen LogP contribution in [0.5, 0.6) is 0 Å². The van der Waals surface area contributed by atoms with Crippen LogP contribution in [0, 0.1) is 0 Å². The van der Waals surface area contributed by atoms with Gasteiger partial charge in [0.2, 0.25) is 0 Å². The standard InChI is InChI=1S/C23H23N5O/c1-27(2)18-11-9-16(10-12-18)21-20-19(13-14-24-22(20)26-25-21)15-5-7-17(8-6-15)23(29)28(3)4/h5-14H,1-4H3,(H,24,25,26). The highest BCUT2D eigenvalue weighted by Crippen LogP contribution is 2.34. The number of nitrogens with one attached hydrogen (secondary N) is 1. The number of aromatic nitrogens is 3. The van der Waals surface area contributed by atoms with Gasteiger partial charge in [0, 0.05) is 51.2 Å². The summed E-state index contributed by atoms with van der Waals surface area (Å²) in [6.07, 6.45) is 1.76. The van der Waals surface area contributed by atoms with Crippen molar-refractivity contribution in [3.63, 3.8) is 0 Å². The van der Waals surface area contributed by atoms with Gasteiger partial charge in [-0.2, -0.15) is 5.10 Å². The second-order valence-corrected chi connectivity index (χ2v) is 7.37. The number of hydrogen-bond donors (Lipinski definition) is 1. The number of carbonyl (C=O) groups excluding carboxylic acids is 1. The molecular weight excluding hydrogens is 362 g/mol. The summed E-state index contributed by atoms with van der Waals surface area (Å²) in [5, 5.41) is 8.52. The predicted octanol–water partition coefficient (Wildman–Crippen LogP) is 4.06. The van der Waals surface area contributed by atoms with Gasteiger partial charge in [-0.3, -0.25) is 9.89 Å². The molecule has 2 aromatic heterocycles. The van der Waals surface area contributed by atoms with Crippen molar-refractivity contribution in [2.24, 2.45) is 0 Å². The Bertz CT molecular complexity index is 1160. The molecule has 4 rings (SSSR count). The molecule has 0 bridgehead atoms. The Kier molecular flexibility index (Phi) is 4.76. The third-order valence-corrected chi connectivity index (χ3v) is 4.98. The Morgan fingerprint density at radius 1 is 0.862 bits per heavy atom. The molecule has 0 atom stereocenters. The molecule has 146 valence electrons. The number of hydrogen-bond acceptors (Lipinski definition) is 4. The zero-order valence-electron chi connectivity index (χ0n) is 17.0. The highest BCUT2D eigenvalue weighted by atomic mass is 16.2. The average molecular weight is 385 g/mol. The van der Waals surface area contributed by atoms with Crippen molar-refractivity contribution in [2.75, 3.05) is 33.1 Å². The van der Waals surface area contributed by atoms with Crippen molar-refractivity contribution < 1.29 is 4.79 Å². The zero-order chi connectivity index (χ0) is 20.5. The minimum atomic E-state index is -0.0126. The highest BCUT2D eigenvalue weighted by Gasteiger charge is 2.15. The number of fused-ring (bicyclic) bond motifs is 1. The number of nitrogens with zero attached hydrogens (tertiary/aromatic N) is 4.